The molecule has 5 aromatic rings. The molecule has 0 bridgehead atoms. The largest absolute Gasteiger partial charge is 0.370 e. The number of anilines is 1. The molecule has 42 heavy (non-hydrogen) atoms. The lowest BCUT2D eigenvalue weighted by molar-refractivity contribution is -0.128. The van der Waals surface area contributed by atoms with Crippen molar-refractivity contribution in [3.05, 3.63) is 87.0 Å². The fourth-order valence-electron chi connectivity index (χ4n) is 5.11. The molecule has 2 N–H and O–H groups in total. The molecule has 0 spiro atoms. The number of fused-ring (bicyclic) bond motifs is 1. The summed E-state index contributed by atoms with van der Waals surface area (Å²) in [5.74, 6) is 1.29. The number of halogens is 2. The summed E-state index contributed by atoms with van der Waals surface area (Å²) in [6.07, 6.45) is 4.92. The summed E-state index contributed by atoms with van der Waals surface area (Å²) in [5.41, 5.74) is 4.28. The van der Waals surface area contributed by atoms with E-state index in [1.54, 1.807) is 48.0 Å². The number of hydrogen-bond donors (Lipinski definition) is 2. The molecule has 14 heteroatoms. The average Bonchev–Trinajstić information content (AvgIpc) is 3.73. The smallest absolute Gasteiger partial charge is 0.252 e. The Morgan fingerprint density at radius 2 is 2.00 bits per heavy atom. The van der Waals surface area contributed by atoms with E-state index in [1.165, 1.54) is 11.0 Å². The van der Waals surface area contributed by atoms with Crippen LogP contribution < -0.4 is 10.9 Å². The van der Waals surface area contributed by atoms with Crippen LogP contribution in [0, 0.1) is 0 Å². The first-order chi connectivity index (χ1) is 20.3. The van der Waals surface area contributed by atoms with E-state index in [0.717, 1.165) is 22.4 Å². The first-order valence-corrected chi connectivity index (χ1v) is 14.0. The van der Waals surface area contributed by atoms with E-state index in [1.807, 2.05) is 24.3 Å². The number of aryl methyl sites for hydroxylation is 1. The maximum atomic E-state index is 13.5. The van der Waals surface area contributed by atoms with Crippen LogP contribution in [0.5, 0.6) is 0 Å². The number of aromatic amines is 1. The third kappa shape index (κ3) is 5.38. The predicted molar refractivity (Wildman–Crippen MR) is 159 cm³/mol. The number of nitrogens with one attached hydrogen (secondary N) is 2. The minimum absolute atomic E-state index is 0.0401. The van der Waals surface area contributed by atoms with Gasteiger partial charge in [-0.2, -0.15) is 4.68 Å². The molecule has 0 radical (unpaired) electrons. The van der Waals surface area contributed by atoms with Crippen molar-refractivity contribution in [2.75, 3.05) is 26.0 Å². The van der Waals surface area contributed by atoms with Crippen molar-refractivity contribution in [3.8, 4) is 28.1 Å². The van der Waals surface area contributed by atoms with Gasteiger partial charge in [0.15, 0.2) is 5.15 Å². The lowest BCUT2D eigenvalue weighted by atomic mass is 10.0. The van der Waals surface area contributed by atoms with Crippen LogP contribution in [0.3, 0.4) is 0 Å². The Kier molecular flexibility index (Phi) is 7.48. The second-order valence-electron chi connectivity index (χ2n) is 10.1. The van der Waals surface area contributed by atoms with Crippen molar-refractivity contribution in [3.63, 3.8) is 0 Å². The molecule has 214 valence electrons. The Hall–Kier alpha value is -4.55. The van der Waals surface area contributed by atoms with Crippen molar-refractivity contribution >= 4 is 34.9 Å². The number of rotatable bonds is 8. The molecular formula is C28H26Cl2N10O2. The first kappa shape index (κ1) is 27.6. The molecule has 0 fully saturated rings. The Morgan fingerprint density at radius 1 is 1.14 bits per heavy atom. The van der Waals surface area contributed by atoms with Crippen LogP contribution in [0.2, 0.25) is 10.2 Å². The lowest BCUT2D eigenvalue weighted by Crippen LogP contribution is -2.24. The van der Waals surface area contributed by atoms with E-state index in [-0.39, 0.29) is 17.5 Å². The summed E-state index contributed by atoms with van der Waals surface area (Å²) in [5, 5.41) is 15.4. The summed E-state index contributed by atoms with van der Waals surface area (Å²) in [6, 6.07) is 12.4. The van der Waals surface area contributed by atoms with Gasteiger partial charge >= 0.3 is 0 Å². The number of amides is 1. The van der Waals surface area contributed by atoms with Gasteiger partial charge in [0.2, 0.25) is 5.91 Å². The molecule has 0 saturated carbocycles. The molecule has 12 nitrogen and oxygen atoms in total. The van der Waals surface area contributed by atoms with Gasteiger partial charge in [0, 0.05) is 61.2 Å². The standard InChI is InChI=1S/C28H26Cl2N10O2/c1-38(2)24(41)9-10-31-23-8-3-16(14-32-23)26-27(30)35-28(34-26)22-7-5-19-11-17(12-25(42)40(19)22)20-13-18(29)4-6-21(20)39-15-33-36-37-39/h3-4,6,8,11-15,22H,5,7,9-10H2,1-2H3,(H,31,32)(H,34,35)/t22-/m0/s1. The highest BCUT2D eigenvalue weighted by Crippen LogP contribution is 2.36. The second-order valence-corrected chi connectivity index (χ2v) is 10.9. The van der Waals surface area contributed by atoms with Crippen molar-refractivity contribution in [2.45, 2.75) is 25.3 Å². The zero-order valence-electron chi connectivity index (χ0n) is 22.8. The van der Waals surface area contributed by atoms with Crippen LogP contribution in [0.15, 0.2) is 59.8 Å². The van der Waals surface area contributed by atoms with Gasteiger partial charge in [0.25, 0.3) is 5.56 Å². The molecule has 0 aliphatic carbocycles. The van der Waals surface area contributed by atoms with E-state index in [4.69, 9.17) is 23.2 Å². The van der Waals surface area contributed by atoms with Crippen molar-refractivity contribution < 1.29 is 4.79 Å². The topological polar surface area (TPSA) is 140 Å². The van der Waals surface area contributed by atoms with Gasteiger partial charge in [-0.3, -0.25) is 9.59 Å². The van der Waals surface area contributed by atoms with Gasteiger partial charge in [-0.15, -0.1) is 5.10 Å². The van der Waals surface area contributed by atoms with E-state index >= 15 is 0 Å². The van der Waals surface area contributed by atoms with E-state index < -0.39 is 0 Å². The quantitative estimate of drug-likeness (QED) is 0.271. The van der Waals surface area contributed by atoms with Crippen molar-refractivity contribution in [2.24, 2.45) is 0 Å². The maximum Gasteiger partial charge on any atom is 0.252 e. The highest BCUT2D eigenvalue weighted by Gasteiger charge is 2.29. The molecule has 1 amide bonds. The van der Waals surface area contributed by atoms with Gasteiger partial charge < -0.3 is 19.8 Å². The van der Waals surface area contributed by atoms with Gasteiger partial charge in [0.05, 0.1) is 17.4 Å². The zero-order chi connectivity index (χ0) is 29.4. The third-order valence-corrected chi connectivity index (χ3v) is 7.70. The number of nitrogens with zero attached hydrogens (tertiary/aromatic N) is 8. The van der Waals surface area contributed by atoms with Crippen LogP contribution in [-0.4, -0.2) is 71.2 Å². The third-order valence-electron chi connectivity index (χ3n) is 7.19. The number of aromatic nitrogens is 8. The number of benzene rings is 1. The first-order valence-electron chi connectivity index (χ1n) is 13.2. The minimum atomic E-state index is -0.297. The Bertz CT molecular complexity index is 1810. The summed E-state index contributed by atoms with van der Waals surface area (Å²) < 4.78 is 3.29. The average molecular weight is 605 g/mol. The summed E-state index contributed by atoms with van der Waals surface area (Å²) in [7, 11) is 3.46. The molecule has 0 unspecified atom stereocenters. The molecular weight excluding hydrogens is 579 g/mol. The van der Waals surface area contributed by atoms with Crippen LogP contribution in [0.1, 0.15) is 30.4 Å². The van der Waals surface area contributed by atoms with Crippen LogP contribution >= 0.6 is 23.2 Å². The SMILES string of the molecule is CN(C)C(=O)CCNc1ccc(-c2[nH]c([C@@H]3CCc4cc(-c5cc(Cl)ccc5-n5cnnn5)cc(=O)n43)nc2Cl)cn1. The predicted octanol–water partition coefficient (Wildman–Crippen LogP) is 4.01. The molecule has 1 atom stereocenters. The van der Waals surface area contributed by atoms with E-state index in [2.05, 4.69) is 35.8 Å². The lowest BCUT2D eigenvalue weighted by Gasteiger charge is -2.15. The molecule has 1 aliphatic rings. The summed E-state index contributed by atoms with van der Waals surface area (Å²) in [6.45, 7) is 0.478. The van der Waals surface area contributed by atoms with E-state index in [0.29, 0.717) is 59.0 Å². The molecule has 4 aromatic heterocycles. The van der Waals surface area contributed by atoms with Gasteiger partial charge in [-0.25, -0.2) is 9.97 Å². The fourth-order valence-corrected chi connectivity index (χ4v) is 5.53. The summed E-state index contributed by atoms with van der Waals surface area (Å²) >= 11 is 12.9. The molecule has 5 heterocycles. The highest BCUT2D eigenvalue weighted by molar-refractivity contribution is 6.32. The van der Waals surface area contributed by atoms with Crippen LogP contribution in [0.25, 0.3) is 28.1 Å². The fraction of sp³-hybridized carbons (Fsp3) is 0.250. The monoisotopic (exact) mass is 604 g/mol. The van der Waals surface area contributed by atoms with Crippen molar-refractivity contribution in [1.29, 1.82) is 0 Å². The molecule has 0 saturated heterocycles. The minimum Gasteiger partial charge on any atom is -0.370 e. The molecule has 6 rings (SSSR count). The number of hydrogen-bond acceptors (Lipinski definition) is 8. The number of carbonyl (C=O) groups is 1. The second kappa shape index (κ2) is 11.4. The zero-order valence-corrected chi connectivity index (χ0v) is 24.3. The van der Waals surface area contributed by atoms with Crippen LogP contribution in [0.4, 0.5) is 5.82 Å². The van der Waals surface area contributed by atoms with Gasteiger partial charge in [0.1, 0.15) is 18.0 Å². The number of H-pyrrole nitrogens is 1. The number of tetrazole rings is 1. The number of imidazole rings is 1. The van der Waals surface area contributed by atoms with Gasteiger partial charge in [-0.1, -0.05) is 23.2 Å². The van der Waals surface area contributed by atoms with E-state index in [9.17, 15) is 9.59 Å². The Morgan fingerprint density at radius 3 is 2.74 bits per heavy atom. The number of pyridine rings is 2. The van der Waals surface area contributed by atoms with Crippen LogP contribution in [-0.2, 0) is 11.2 Å². The molecule has 1 aliphatic heterocycles. The maximum absolute atomic E-state index is 13.5. The normalized spacial score (nSPS) is 14.1. The molecule has 1 aromatic carbocycles. The Balaban J connectivity index is 1.25. The van der Waals surface area contributed by atoms with Crippen molar-refractivity contribution in [1.82, 2.24) is 44.6 Å². The number of carbonyl (C=O) groups excluding carboxylic acids is 1. The summed E-state index contributed by atoms with van der Waals surface area (Å²) in [4.78, 5) is 39.2. The van der Waals surface area contributed by atoms with Gasteiger partial charge in [-0.05, 0) is 65.2 Å². The highest BCUT2D eigenvalue weighted by atomic mass is 35.5. The Labute approximate surface area is 250 Å².